The maximum atomic E-state index is 14.1. The third-order valence-corrected chi connectivity index (χ3v) is 8.19. The molecule has 3 aromatic rings. The first-order valence-electron chi connectivity index (χ1n) is 12.1. The van der Waals surface area contributed by atoms with E-state index in [1.807, 2.05) is 25.2 Å². The Morgan fingerprint density at radius 3 is 2.60 bits per heavy atom. The molecule has 0 N–H and O–H groups in total. The molecular formula is C26H28FIN4O3. The molecule has 1 saturated heterocycles. The molecule has 0 unspecified atom stereocenters. The van der Waals surface area contributed by atoms with E-state index in [0.29, 0.717) is 30.7 Å². The van der Waals surface area contributed by atoms with Crippen LogP contribution in [-0.4, -0.2) is 44.4 Å². The maximum Gasteiger partial charge on any atom is 0.337 e. The number of pyridine rings is 1. The highest BCUT2D eigenvalue weighted by Crippen LogP contribution is 2.34. The number of rotatable bonds is 5. The highest BCUT2D eigenvalue weighted by molar-refractivity contribution is 14.1. The molecule has 1 atom stereocenters. The predicted octanol–water partition coefficient (Wildman–Crippen LogP) is 4.08. The molecule has 1 saturated carbocycles. The van der Waals surface area contributed by atoms with Crippen molar-refractivity contribution in [2.75, 3.05) is 13.6 Å². The zero-order valence-electron chi connectivity index (χ0n) is 19.6. The third kappa shape index (κ3) is 4.72. The molecule has 1 aliphatic carbocycles. The third-order valence-electron chi connectivity index (χ3n) is 7.52. The number of likely N-dealkylation sites (N-methyl/N-ethyl adjacent to an activating group) is 1. The highest BCUT2D eigenvalue weighted by atomic mass is 127. The number of ketones is 1. The Morgan fingerprint density at radius 2 is 1.91 bits per heavy atom. The number of carbonyl (C=O) groups is 1. The maximum absolute atomic E-state index is 14.1. The van der Waals surface area contributed by atoms with Gasteiger partial charge in [0, 0.05) is 16.0 Å². The van der Waals surface area contributed by atoms with Gasteiger partial charge in [-0.2, -0.15) is 0 Å². The van der Waals surface area contributed by atoms with E-state index in [2.05, 4.69) is 32.5 Å². The lowest BCUT2D eigenvalue weighted by Crippen LogP contribution is -2.43. The standard InChI is InChI=1S/C26H28FIN4O3/c1-30-11-3-6-22(30)23(33)12-16-7-9-19(10-8-16)32-25(34)21-13-17(27)15-29-24(21)31(26(32)35)20-5-2-4-18(28)14-20/h2,4-5,13-16,19,22H,3,6-12H2,1H3/t16?,19?,22-/m1/s1. The summed E-state index contributed by atoms with van der Waals surface area (Å²) in [5.41, 5.74) is -0.235. The van der Waals surface area contributed by atoms with Gasteiger partial charge < -0.3 is 0 Å². The quantitative estimate of drug-likeness (QED) is 0.419. The molecule has 184 valence electrons. The SMILES string of the molecule is CN1CCC[C@@H]1C(=O)CC1CCC(n2c(=O)c3cc(F)cnc3n(-c3cccc(I)c3)c2=O)CC1. The van der Waals surface area contributed by atoms with E-state index in [1.54, 1.807) is 6.07 Å². The predicted molar refractivity (Wildman–Crippen MR) is 141 cm³/mol. The summed E-state index contributed by atoms with van der Waals surface area (Å²) in [6.45, 7) is 0.968. The van der Waals surface area contributed by atoms with E-state index >= 15 is 0 Å². The summed E-state index contributed by atoms with van der Waals surface area (Å²) in [6.07, 6.45) is 6.40. The van der Waals surface area contributed by atoms with E-state index < -0.39 is 17.1 Å². The number of likely N-dealkylation sites (tertiary alicyclic amines) is 1. The number of carbonyl (C=O) groups excluding carboxylic acids is 1. The van der Waals surface area contributed by atoms with Gasteiger partial charge in [0.15, 0.2) is 5.65 Å². The van der Waals surface area contributed by atoms with Gasteiger partial charge in [0.25, 0.3) is 5.56 Å². The van der Waals surface area contributed by atoms with Crippen molar-refractivity contribution in [2.24, 2.45) is 5.92 Å². The van der Waals surface area contributed by atoms with Crippen molar-refractivity contribution in [3.8, 4) is 5.69 Å². The van der Waals surface area contributed by atoms with Crippen LogP contribution in [0.2, 0.25) is 0 Å². The van der Waals surface area contributed by atoms with Gasteiger partial charge in [-0.05, 0) is 105 Å². The van der Waals surface area contributed by atoms with Crippen LogP contribution in [0.5, 0.6) is 0 Å². The molecule has 5 rings (SSSR count). The summed E-state index contributed by atoms with van der Waals surface area (Å²) in [5.74, 6) is -0.0482. The van der Waals surface area contributed by atoms with Crippen molar-refractivity contribution in [3.05, 3.63) is 66.8 Å². The number of aromatic nitrogens is 3. The topological polar surface area (TPSA) is 77.2 Å². The number of hydrogen-bond acceptors (Lipinski definition) is 5. The zero-order chi connectivity index (χ0) is 24.7. The van der Waals surface area contributed by atoms with Gasteiger partial charge in [0.05, 0.1) is 23.3 Å². The Kier molecular flexibility index (Phi) is 6.89. The molecule has 0 radical (unpaired) electrons. The Hall–Kier alpha value is -2.40. The first-order chi connectivity index (χ1) is 16.8. The average Bonchev–Trinajstić information content (AvgIpc) is 3.27. The monoisotopic (exact) mass is 590 g/mol. The van der Waals surface area contributed by atoms with E-state index in [0.717, 1.165) is 48.1 Å². The molecule has 0 bridgehead atoms. The van der Waals surface area contributed by atoms with Crippen LogP contribution in [-0.2, 0) is 4.79 Å². The summed E-state index contributed by atoms with van der Waals surface area (Å²) in [4.78, 5) is 46.2. The molecule has 2 aromatic heterocycles. The molecule has 1 aliphatic heterocycles. The summed E-state index contributed by atoms with van der Waals surface area (Å²) in [7, 11) is 2.01. The highest BCUT2D eigenvalue weighted by Gasteiger charge is 2.32. The second-order valence-corrected chi connectivity index (χ2v) is 11.0. The van der Waals surface area contributed by atoms with Crippen LogP contribution in [0.25, 0.3) is 16.7 Å². The number of nitrogens with zero attached hydrogens (tertiary/aromatic N) is 4. The van der Waals surface area contributed by atoms with Crippen LogP contribution in [0.15, 0.2) is 46.1 Å². The lowest BCUT2D eigenvalue weighted by Gasteiger charge is -2.30. The summed E-state index contributed by atoms with van der Waals surface area (Å²) in [5, 5.41) is 0.0880. The second-order valence-electron chi connectivity index (χ2n) is 9.78. The lowest BCUT2D eigenvalue weighted by molar-refractivity contribution is -0.124. The number of benzene rings is 1. The van der Waals surface area contributed by atoms with Crippen molar-refractivity contribution in [1.82, 2.24) is 19.0 Å². The van der Waals surface area contributed by atoms with Gasteiger partial charge in [0.2, 0.25) is 0 Å². The molecule has 7 nitrogen and oxygen atoms in total. The van der Waals surface area contributed by atoms with Crippen molar-refractivity contribution in [2.45, 2.75) is 57.0 Å². The normalized spacial score (nSPS) is 23.1. The number of Topliss-reactive ketones (excluding diaryl/α,β-unsaturated/α-hetero) is 1. The van der Waals surface area contributed by atoms with E-state index in [1.165, 1.54) is 9.13 Å². The van der Waals surface area contributed by atoms with Crippen molar-refractivity contribution < 1.29 is 9.18 Å². The Balaban J connectivity index is 1.47. The van der Waals surface area contributed by atoms with Crippen LogP contribution in [0, 0.1) is 15.3 Å². The van der Waals surface area contributed by atoms with Crippen LogP contribution < -0.4 is 11.2 Å². The van der Waals surface area contributed by atoms with Crippen molar-refractivity contribution in [1.29, 1.82) is 0 Å². The minimum absolute atomic E-state index is 0.0269. The van der Waals surface area contributed by atoms with Gasteiger partial charge in [-0.15, -0.1) is 0 Å². The van der Waals surface area contributed by atoms with Gasteiger partial charge in [-0.1, -0.05) is 6.07 Å². The molecule has 0 spiro atoms. The van der Waals surface area contributed by atoms with E-state index in [-0.39, 0.29) is 29.0 Å². The Bertz CT molecular complexity index is 1390. The summed E-state index contributed by atoms with van der Waals surface area (Å²) >= 11 is 2.16. The van der Waals surface area contributed by atoms with Gasteiger partial charge in [-0.25, -0.2) is 18.7 Å². The van der Waals surface area contributed by atoms with Crippen LogP contribution in [0.4, 0.5) is 4.39 Å². The van der Waals surface area contributed by atoms with Gasteiger partial charge in [0.1, 0.15) is 11.6 Å². The first kappa shape index (κ1) is 24.3. The lowest BCUT2D eigenvalue weighted by atomic mass is 9.82. The molecule has 3 heterocycles. The first-order valence-corrected chi connectivity index (χ1v) is 13.2. The average molecular weight is 590 g/mol. The molecule has 2 fully saturated rings. The van der Waals surface area contributed by atoms with Gasteiger partial charge >= 0.3 is 5.69 Å². The fourth-order valence-electron chi connectivity index (χ4n) is 5.70. The van der Waals surface area contributed by atoms with E-state index in [4.69, 9.17) is 0 Å². The number of fused-ring (bicyclic) bond motifs is 1. The smallest absolute Gasteiger partial charge is 0.298 e. The fourth-order valence-corrected chi connectivity index (χ4v) is 6.22. The van der Waals surface area contributed by atoms with E-state index in [9.17, 15) is 18.8 Å². The molecule has 35 heavy (non-hydrogen) atoms. The zero-order valence-corrected chi connectivity index (χ0v) is 21.8. The molecule has 9 heteroatoms. The minimum atomic E-state index is -0.618. The number of halogens is 2. The molecule has 1 aromatic carbocycles. The van der Waals surface area contributed by atoms with Crippen LogP contribution in [0.3, 0.4) is 0 Å². The summed E-state index contributed by atoms with van der Waals surface area (Å²) < 4.78 is 17.7. The molecular weight excluding hydrogens is 562 g/mol. The minimum Gasteiger partial charge on any atom is -0.298 e. The largest absolute Gasteiger partial charge is 0.337 e. The second kappa shape index (κ2) is 9.93. The molecule has 0 amide bonds. The Labute approximate surface area is 216 Å². The Morgan fingerprint density at radius 1 is 1.14 bits per heavy atom. The van der Waals surface area contributed by atoms with Crippen molar-refractivity contribution >= 4 is 39.4 Å². The fraction of sp³-hybridized carbons (Fsp3) is 0.462. The van der Waals surface area contributed by atoms with Crippen LogP contribution >= 0.6 is 22.6 Å². The van der Waals surface area contributed by atoms with Gasteiger partial charge in [-0.3, -0.25) is 19.1 Å². The van der Waals surface area contributed by atoms with Crippen molar-refractivity contribution in [3.63, 3.8) is 0 Å². The van der Waals surface area contributed by atoms with Crippen LogP contribution in [0.1, 0.15) is 51.0 Å². The summed E-state index contributed by atoms with van der Waals surface area (Å²) in [6, 6.07) is 8.25. The number of hydrogen-bond donors (Lipinski definition) is 0. The molecule has 2 aliphatic rings.